The molecule has 0 aliphatic carbocycles. The Balaban J connectivity index is 1.55. The number of aliphatic hydroxyl groups excluding tert-OH is 13. The number of aliphatic hydroxyl groups is 13. The van der Waals surface area contributed by atoms with E-state index in [4.69, 9.17) is 33.2 Å². The molecule has 4 saturated heterocycles. The highest BCUT2D eigenvalue weighted by Crippen LogP contribution is 2.34. The zero-order valence-corrected chi connectivity index (χ0v) is 26.9. The molecule has 0 radical (unpaired) electrons. The van der Waals surface area contributed by atoms with E-state index in [-0.39, 0.29) is 6.42 Å². The van der Waals surface area contributed by atoms with E-state index in [1.54, 1.807) is 0 Å². The van der Waals surface area contributed by atoms with Crippen molar-refractivity contribution >= 4 is 5.91 Å². The van der Waals surface area contributed by atoms with E-state index >= 15 is 0 Å². The van der Waals surface area contributed by atoms with Gasteiger partial charge in [0.25, 0.3) is 0 Å². The van der Waals surface area contributed by atoms with E-state index in [1.165, 1.54) is 0 Å². The molecule has 12 unspecified atom stereocenters. The minimum Gasteiger partial charge on any atom is -0.396 e. The SMILES string of the molecule is CC(=O)NC1C(O)[C@H](O[C@@H]2OC(CO)[C@H](O)C(O)C2O)C(CO)O[C@H]1OC1C(O)[C@H](O[C@@H]2C(CO)O[C@@H](CCO)C(O)C2O)OC(CO)[C@@H]1O. The highest BCUT2D eigenvalue weighted by atomic mass is 16.8. The topological polar surface area (TPSA) is 357 Å². The predicted octanol–water partition coefficient (Wildman–Crippen LogP) is -9.17. The molecule has 0 bridgehead atoms. The van der Waals surface area contributed by atoms with Crippen LogP contribution in [0, 0.1) is 0 Å². The molecule has 0 saturated carbocycles. The van der Waals surface area contributed by atoms with Crippen LogP contribution in [0.15, 0.2) is 0 Å². The summed E-state index contributed by atoms with van der Waals surface area (Å²) in [6.07, 6.45) is -31.9. The first-order valence-electron chi connectivity index (χ1n) is 16.1. The Morgan fingerprint density at radius 2 is 0.960 bits per heavy atom. The van der Waals surface area contributed by atoms with Gasteiger partial charge >= 0.3 is 0 Å². The Hall–Kier alpha value is -1.33. The lowest BCUT2D eigenvalue weighted by molar-refractivity contribution is -0.376. The second-order valence-corrected chi connectivity index (χ2v) is 12.5. The van der Waals surface area contributed by atoms with E-state index in [0.717, 1.165) is 6.92 Å². The van der Waals surface area contributed by atoms with Gasteiger partial charge in [-0.05, 0) is 6.42 Å². The van der Waals surface area contributed by atoms with Gasteiger partial charge in [0.15, 0.2) is 18.9 Å². The number of hydrogen-bond donors (Lipinski definition) is 14. The fourth-order valence-corrected chi connectivity index (χ4v) is 6.41. The van der Waals surface area contributed by atoms with Gasteiger partial charge in [0.05, 0.1) is 32.5 Å². The zero-order chi connectivity index (χ0) is 37.0. The van der Waals surface area contributed by atoms with Gasteiger partial charge in [0.1, 0.15) is 97.6 Å². The average molecular weight is 736 g/mol. The Morgan fingerprint density at radius 3 is 1.50 bits per heavy atom. The lowest BCUT2D eigenvalue weighted by Gasteiger charge is -2.50. The van der Waals surface area contributed by atoms with Crippen LogP contribution in [0.1, 0.15) is 13.3 Å². The summed E-state index contributed by atoms with van der Waals surface area (Å²) < 4.78 is 39.4. The molecule has 4 heterocycles. The Bertz CT molecular complexity index is 1060. The fourth-order valence-electron chi connectivity index (χ4n) is 6.41. The van der Waals surface area contributed by atoms with Crippen LogP contribution in [0.4, 0.5) is 0 Å². The molecule has 4 rings (SSSR count). The molecule has 20 atom stereocenters. The molecule has 14 N–H and O–H groups in total. The molecule has 4 fully saturated rings. The first-order valence-corrected chi connectivity index (χ1v) is 16.1. The average Bonchev–Trinajstić information content (AvgIpc) is 3.09. The van der Waals surface area contributed by atoms with Crippen molar-refractivity contribution in [2.75, 3.05) is 33.0 Å². The van der Waals surface area contributed by atoms with E-state index in [9.17, 15) is 71.2 Å². The Labute approximate surface area is 284 Å². The number of ether oxygens (including phenoxy) is 7. The van der Waals surface area contributed by atoms with Crippen molar-refractivity contribution < 1.29 is 104 Å². The van der Waals surface area contributed by atoms with Gasteiger partial charge in [0, 0.05) is 13.5 Å². The minimum atomic E-state index is -2.00. The summed E-state index contributed by atoms with van der Waals surface area (Å²) in [7, 11) is 0. The molecule has 0 aromatic carbocycles. The third kappa shape index (κ3) is 8.72. The maximum Gasteiger partial charge on any atom is 0.217 e. The quantitative estimate of drug-likeness (QED) is 0.0835. The molecule has 0 aromatic rings. The molecule has 292 valence electrons. The van der Waals surface area contributed by atoms with Crippen LogP contribution in [0.25, 0.3) is 0 Å². The highest BCUT2D eigenvalue weighted by molar-refractivity contribution is 5.73. The van der Waals surface area contributed by atoms with Crippen molar-refractivity contribution in [3.05, 3.63) is 0 Å². The zero-order valence-electron chi connectivity index (χ0n) is 26.9. The maximum atomic E-state index is 12.2. The summed E-state index contributed by atoms with van der Waals surface area (Å²) in [5.74, 6) is -0.748. The van der Waals surface area contributed by atoms with Gasteiger partial charge in [-0.15, -0.1) is 0 Å². The summed E-state index contributed by atoms with van der Waals surface area (Å²) >= 11 is 0. The molecular formula is C28H49NO21. The fraction of sp³-hybridized carbons (Fsp3) is 0.964. The van der Waals surface area contributed by atoms with Crippen molar-refractivity contribution in [1.29, 1.82) is 0 Å². The second-order valence-electron chi connectivity index (χ2n) is 12.5. The lowest BCUT2D eigenvalue weighted by Crippen LogP contribution is -2.69. The van der Waals surface area contributed by atoms with Crippen molar-refractivity contribution in [3.63, 3.8) is 0 Å². The summed E-state index contributed by atoms with van der Waals surface area (Å²) in [5, 5.41) is 137. The maximum absolute atomic E-state index is 12.2. The van der Waals surface area contributed by atoms with Gasteiger partial charge in [0.2, 0.25) is 5.91 Å². The van der Waals surface area contributed by atoms with Crippen LogP contribution in [0.2, 0.25) is 0 Å². The van der Waals surface area contributed by atoms with Gasteiger partial charge in [-0.1, -0.05) is 0 Å². The van der Waals surface area contributed by atoms with Gasteiger partial charge < -0.3 is 105 Å². The summed E-state index contributed by atoms with van der Waals surface area (Å²) in [5.41, 5.74) is 0. The number of carbonyl (C=O) groups is 1. The van der Waals surface area contributed by atoms with Crippen molar-refractivity contribution in [3.8, 4) is 0 Å². The third-order valence-corrected chi connectivity index (χ3v) is 9.14. The monoisotopic (exact) mass is 735 g/mol. The molecule has 0 aromatic heterocycles. The standard InChI is InChI=1S/C28H49NO21/c1-8(35)29-14-18(39)23(48-27-21(42)19(40)16(37)10(4-31)45-27)13(7-34)47-26(14)50-25-17(38)11(5-32)46-28(22(25)43)49-24-12(6-33)44-9(2-3-30)15(36)20(24)41/h9-28,30-34,36-43H,2-7H2,1H3,(H,29,35)/t9-,10?,11?,12?,13?,14?,15?,16-,17-,18?,19?,20?,21?,22?,23+,24+,25?,26-,27-,28-/m0/s1. The van der Waals surface area contributed by atoms with Crippen molar-refractivity contribution in [2.24, 2.45) is 0 Å². The van der Waals surface area contributed by atoms with Gasteiger partial charge in [-0.25, -0.2) is 0 Å². The number of rotatable bonds is 13. The number of carbonyl (C=O) groups excluding carboxylic acids is 1. The van der Waals surface area contributed by atoms with Crippen molar-refractivity contribution in [2.45, 2.75) is 136 Å². The van der Waals surface area contributed by atoms with E-state index < -0.39 is 162 Å². The van der Waals surface area contributed by atoms with Gasteiger partial charge in [-0.2, -0.15) is 0 Å². The highest BCUT2D eigenvalue weighted by Gasteiger charge is 2.55. The first-order chi connectivity index (χ1) is 23.7. The van der Waals surface area contributed by atoms with Crippen molar-refractivity contribution in [1.82, 2.24) is 5.32 Å². The van der Waals surface area contributed by atoms with Crippen LogP contribution in [0.3, 0.4) is 0 Å². The third-order valence-electron chi connectivity index (χ3n) is 9.14. The molecule has 22 heteroatoms. The molecule has 22 nitrogen and oxygen atoms in total. The molecule has 50 heavy (non-hydrogen) atoms. The largest absolute Gasteiger partial charge is 0.396 e. The molecular weight excluding hydrogens is 686 g/mol. The summed E-state index contributed by atoms with van der Waals surface area (Å²) in [4.78, 5) is 12.2. The van der Waals surface area contributed by atoms with E-state index in [2.05, 4.69) is 5.32 Å². The normalized spacial score (nSPS) is 48.7. The first kappa shape index (κ1) is 41.4. The molecule has 0 spiro atoms. The van der Waals surface area contributed by atoms with Crippen LogP contribution in [-0.2, 0) is 38.0 Å². The minimum absolute atomic E-state index is 0.0926. The smallest absolute Gasteiger partial charge is 0.217 e. The van der Waals surface area contributed by atoms with E-state index in [1.807, 2.05) is 0 Å². The molecule has 4 aliphatic rings. The summed E-state index contributed by atoms with van der Waals surface area (Å²) in [6.45, 7) is -2.67. The number of hydrogen-bond acceptors (Lipinski definition) is 21. The van der Waals surface area contributed by atoms with Crippen LogP contribution >= 0.6 is 0 Å². The number of nitrogens with one attached hydrogen (secondary N) is 1. The van der Waals surface area contributed by atoms with Crippen LogP contribution < -0.4 is 5.32 Å². The second kappa shape index (κ2) is 18.1. The molecule has 4 aliphatic heterocycles. The summed E-state index contributed by atoms with van der Waals surface area (Å²) in [6, 6.07) is -1.61. The van der Waals surface area contributed by atoms with Crippen LogP contribution in [0.5, 0.6) is 0 Å². The van der Waals surface area contributed by atoms with Crippen LogP contribution in [-0.4, -0.2) is 228 Å². The van der Waals surface area contributed by atoms with Gasteiger partial charge in [-0.3, -0.25) is 4.79 Å². The predicted molar refractivity (Wildman–Crippen MR) is 155 cm³/mol. The molecule has 1 amide bonds. The Kier molecular flexibility index (Phi) is 15.0. The van der Waals surface area contributed by atoms with E-state index in [0.29, 0.717) is 0 Å². The lowest BCUT2D eigenvalue weighted by atomic mass is 9.93. The number of amides is 1. The Morgan fingerprint density at radius 1 is 0.500 bits per heavy atom.